The van der Waals surface area contributed by atoms with Gasteiger partial charge in [-0.25, -0.2) is 0 Å². The van der Waals surface area contributed by atoms with Gasteiger partial charge in [0.15, 0.2) is 0 Å². The van der Waals surface area contributed by atoms with Crippen LogP contribution in [0.3, 0.4) is 0 Å². The van der Waals surface area contributed by atoms with Gasteiger partial charge in [-0.1, -0.05) is 0 Å². The van der Waals surface area contributed by atoms with E-state index >= 15 is 0 Å². The van der Waals surface area contributed by atoms with Gasteiger partial charge in [-0.05, 0) is 0 Å². The van der Waals surface area contributed by atoms with Crippen LogP contribution < -0.4 is 0 Å². The van der Waals surface area contributed by atoms with Crippen LogP contribution in [0.5, 0.6) is 0 Å². The molecule has 0 aromatic rings. The molecule has 0 saturated heterocycles. The van der Waals surface area contributed by atoms with E-state index in [1.54, 1.807) is 5.98 Å². The second kappa shape index (κ2) is 3.93. The van der Waals surface area contributed by atoms with Crippen molar-refractivity contribution >= 4 is 21.2 Å². The summed E-state index contributed by atoms with van der Waals surface area (Å²) in [6, 6.07) is 0. The summed E-state index contributed by atoms with van der Waals surface area (Å²) < 4.78 is 0. The van der Waals surface area contributed by atoms with Crippen molar-refractivity contribution in [2.75, 3.05) is 0 Å². The molecule has 0 spiro atoms. The summed E-state index contributed by atoms with van der Waals surface area (Å²) in [5.74, 6) is 1.75. The average Bonchev–Trinajstić information content (AvgIpc) is 1.41. The van der Waals surface area contributed by atoms with E-state index in [9.17, 15) is 0 Å². The molecule has 0 heterocycles. The second-order valence-corrected chi connectivity index (χ2v) is 0.761. The van der Waals surface area contributed by atoms with Gasteiger partial charge < -0.3 is 0 Å². The summed E-state index contributed by atoms with van der Waals surface area (Å²) in [7, 11) is 1.96. The monoisotopic (exact) mass is 62.1 g/mol. The first kappa shape index (κ1) is 4.93. The van der Waals surface area contributed by atoms with Crippen molar-refractivity contribution < 1.29 is 0 Å². The molecule has 0 nitrogen and oxygen atoms in total. The molecule has 0 radical (unpaired) electrons. The van der Waals surface area contributed by atoms with E-state index < -0.39 is 0 Å². The van der Waals surface area contributed by atoms with Crippen LogP contribution in [0.15, 0.2) is 12.6 Å². The summed E-state index contributed by atoms with van der Waals surface area (Å²) in [6.45, 7) is 7.29. The third kappa shape index (κ3) is 3.93. The molecular formula is C2H5B3. The fourth-order valence-electron chi connectivity index (χ4n) is 0.136. The zero-order chi connectivity index (χ0) is 4.12. The molecule has 0 aromatic heterocycles. The molecule has 0 aromatic carbocycles. The molecule has 0 aliphatic carbocycles. The molecule has 0 N–H and O–H groups in total. The number of rotatable bonds is 1. The summed E-state index contributed by atoms with van der Waals surface area (Å²) in [5, 5.41) is 0. The summed E-state index contributed by atoms with van der Waals surface area (Å²) in [6.07, 6.45) is 0. The van der Waals surface area contributed by atoms with E-state index in [1.165, 1.54) is 0 Å². The Hall–Kier alpha value is -0.0652. The number of hydrogen-bond donors (Lipinski definition) is 0. The van der Waals surface area contributed by atoms with Crippen molar-refractivity contribution in [1.82, 2.24) is 0 Å². The zero-order valence-electron chi connectivity index (χ0n) is 3.44. The normalized spacial score (nSPS) is 5.60. The van der Waals surface area contributed by atoms with Gasteiger partial charge in [-0.3, -0.25) is 0 Å². The molecule has 3 heteroatoms. The summed E-state index contributed by atoms with van der Waals surface area (Å²) in [5.41, 5.74) is 0. The Balaban J connectivity index is 2.92. The molecule has 0 atom stereocenters. The first-order valence-electron chi connectivity index (χ1n) is 1.65. The molecule has 0 unspecified atom stereocenters. The van der Waals surface area contributed by atoms with Crippen molar-refractivity contribution in [3.63, 3.8) is 0 Å². The predicted octanol–water partition coefficient (Wildman–Crippen LogP) is -0.999. The van der Waals surface area contributed by atoms with E-state index in [0.717, 1.165) is 0 Å². The Kier molecular flexibility index (Phi) is 3.88. The van der Waals surface area contributed by atoms with Crippen LogP contribution in [0.25, 0.3) is 0 Å². The Bertz CT molecular complexity index is 46.9. The molecule has 0 saturated carbocycles. The molecule has 0 aliphatic heterocycles. The van der Waals surface area contributed by atoms with Crippen molar-refractivity contribution in [3.8, 4) is 0 Å². The van der Waals surface area contributed by atoms with E-state index in [-0.39, 0.29) is 0 Å². The standard InChI is InChI=1S/C2H5B3/c1-2-4-5-3/h2H,1,3H2. The Morgan fingerprint density at radius 2 is 2.40 bits per heavy atom. The van der Waals surface area contributed by atoms with Crippen molar-refractivity contribution in [1.29, 1.82) is 0 Å². The third-order valence-electron chi connectivity index (χ3n) is 0.329. The van der Waals surface area contributed by atoms with Crippen LogP contribution in [0.2, 0.25) is 0 Å². The maximum absolute atomic E-state index is 3.46. The number of hydrogen-bond acceptors (Lipinski definition) is 0. The van der Waals surface area contributed by atoms with Crippen LogP contribution in [0.1, 0.15) is 0 Å². The zero-order valence-corrected chi connectivity index (χ0v) is 3.44. The topological polar surface area (TPSA) is 0 Å². The van der Waals surface area contributed by atoms with E-state index in [0.29, 0.717) is 0 Å². The summed E-state index contributed by atoms with van der Waals surface area (Å²) in [4.78, 5) is 0. The van der Waals surface area contributed by atoms with E-state index in [2.05, 4.69) is 6.58 Å². The van der Waals surface area contributed by atoms with Gasteiger partial charge in [0.2, 0.25) is 0 Å². The minimum absolute atomic E-state index is 1.75. The first-order valence-corrected chi connectivity index (χ1v) is 1.65. The van der Waals surface area contributed by atoms with Crippen molar-refractivity contribution in [2.24, 2.45) is 0 Å². The Morgan fingerprint density at radius 3 is 2.40 bits per heavy atom. The Labute approximate surface area is 34.8 Å². The molecule has 0 amide bonds. The minimum atomic E-state index is 1.75. The van der Waals surface area contributed by atoms with Gasteiger partial charge in [0.05, 0.1) is 0 Å². The fraction of sp³-hybridized carbons (Fsp3) is 0. The van der Waals surface area contributed by atoms with Gasteiger partial charge in [-0.2, -0.15) is 0 Å². The average molecular weight is 61.5 g/mol. The quantitative estimate of drug-likeness (QED) is 0.341. The van der Waals surface area contributed by atoms with Crippen molar-refractivity contribution in [3.05, 3.63) is 12.6 Å². The van der Waals surface area contributed by atoms with Crippen LogP contribution in [0, 0.1) is 0 Å². The van der Waals surface area contributed by atoms with Gasteiger partial charge in [-0.15, -0.1) is 0 Å². The predicted molar refractivity (Wildman–Crippen MR) is 30.2 cm³/mol. The molecule has 0 aliphatic rings. The van der Waals surface area contributed by atoms with Gasteiger partial charge in [0.1, 0.15) is 0 Å². The van der Waals surface area contributed by atoms with E-state index in [4.69, 9.17) is 0 Å². The molecular weight excluding hydrogens is 56.5 g/mol. The molecule has 0 fully saturated rings. The second-order valence-electron chi connectivity index (χ2n) is 0.761. The van der Waals surface area contributed by atoms with Gasteiger partial charge >= 0.3 is 33.8 Å². The van der Waals surface area contributed by atoms with Crippen LogP contribution in [-0.4, -0.2) is 21.2 Å². The van der Waals surface area contributed by atoms with Crippen LogP contribution >= 0.6 is 0 Å². The molecule has 0 rings (SSSR count). The SMILES string of the molecule is BB=BC=C. The fourth-order valence-corrected chi connectivity index (χ4v) is 0.136. The van der Waals surface area contributed by atoms with Crippen molar-refractivity contribution in [2.45, 2.75) is 0 Å². The van der Waals surface area contributed by atoms with Gasteiger partial charge in [0.25, 0.3) is 0 Å². The van der Waals surface area contributed by atoms with E-state index in [1.807, 2.05) is 21.2 Å². The molecule has 0 bridgehead atoms. The Morgan fingerprint density at radius 1 is 1.80 bits per heavy atom. The molecule has 5 heavy (non-hydrogen) atoms. The third-order valence-corrected chi connectivity index (χ3v) is 0.329. The molecule has 22 valence electrons. The summed E-state index contributed by atoms with van der Waals surface area (Å²) >= 11 is 0. The van der Waals surface area contributed by atoms with Crippen LogP contribution in [0.4, 0.5) is 0 Å². The first-order chi connectivity index (χ1) is 2.41. The van der Waals surface area contributed by atoms with Gasteiger partial charge in [0, 0.05) is 0 Å². The van der Waals surface area contributed by atoms with Crippen LogP contribution in [-0.2, 0) is 0 Å². The maximum atomic E-state index is 3.46.